The van der Waals surface area contributed by atoms with Gasteiger partial charge in [-0.25, -0.2) is 4.52 Å². The van der Waals surface area contributed by atoms with Crippen LogP contribution in [-0.2, 0) is 19.6 Å². The third kappa shape index (κ3) is 4.81. The maximum Gasteiger partial charge on any atom is 0.259 e. The first kappa shape index (κ1) is 29.6. The molecule has 7 rings (SSSR count). The average molecular weight is 625 g/mol. The van der Waals surface area contributed by atoms with Gasteiger partial charge in [0.25, 0.3) is 11.8 Å². The van der Waals surface area contributed by atoms with Gasteiger partial charge in [0.15, 0.2) is 9.76 Å². The Morgan fingerprint density at radius 2 is 1.43 bits per heavy atom. The van der Waals surface area contributed by atoms with Crippen LogP contribution in [0.4, 0.5) is 0 Å². The van der Waals surface area contributed by atoms with Crippen LogP contribution < -0.4 is 5.32 Å². The highest BCUT2D eigenvalue weighted by Gasteiger charge is 2.40. The molecule has 0 fully saturated rings. The molecule has 1 aliphatic heterocycles. The monoisotopic (exact) mass is 624 g/mol. The van der Waals surface area contributed by atoms with Crippen LogP contribution in [0.1, 0.15) is 59.8 Å². The highest BCUT2D eigenvalue weighted by atomic mass is 28.2. The Morgan fingerprint density at radius 1 is 0.783 bits per heavy atom. The van der Waals surface area contributed by atoms with E-state index in [-0.39, 0.29) is 5.04 Å². The summed E-state index contributed by atoms with van der Waals surface area (Å²) < 4.78 is 9.00. The van der Waals surface area contributed by atoms with Crippen molar-refractivity contribution in [1.29, 1.82) is 0 Å². The van der Waals surface area contributed by atoms with Crippen molar-refractivity contribution >= 4 is 49.1 Å². The van der Waals surface area contributed by atoms with E-state index in [1.54, 1.807) is 4.52 Å². The van der Waals surface area contributed by atoms with Gasteiger partial charge in [0.1, 0.15) is 5.60 Å². The maximum atomic E-state index is 13.7. The smallest absolute Gasteiger partial charge is 0.259 e. The minimum atomic E-state index is -1.08. The quantitative estimate of drug-likeness (QED) is 0.155. The molecule has 0 saturated heterocycles. The van der Waals surface area contributed by atoms with Gasteiger partial charge in [0, 0.05) is 34.4 Å². The molecule has 0 aliphatic carbocycles. The van der Waals surface area contributed by atoms with Gasteiger partial charge in [-0.15, -0.1) is 0 Å². The number of imide groups is 1. The minimum absolute atomic E-state index is 0.0248. The van der Waals surface area contributed by atoms with Gasteiger partial charge in [0.05, 0.1) is 22.4 Å². The molecule has 8 heteroatoms. The van der Waals surface area contributed by atoms with Gasteiger partial charge in [-0.05, 0) is 53.3 Å². The lowest BCUT2D eigenvalue weighted by molar-refractivity contribution is -0.122. The summed E-state index contributed by atoms with van der Waals surface area (Å²) >= 11 is 0. The summed E-state index contributed by atoms with van der Waals surface area (Å²) in [6.07, 6.45) is 3.74. The van der Waals surface area contributed by atoms with Crippen molar-refractivity contribution in [3.63, 3.8) is 0 Å². The third-order valence-electron chi connectivity index (χ3n) is 8.67. The zero-order valence-corrected chi connectivity index (χ0v) is 28.1. The Balaban J connectivity index is 1.51. The number of nitrogens with zero attached hydrogens (tertiary/aromatic N) is 2. The van der Waals surface area contributed by atoms with E-state index in [1.807, 2.05) is 80.8 Å². The highest BCUT2D eigenvalue weighted by Crippen LogP contribution is 2.44. The molecular formula is C38H36N4O3Si. The first-order chi connectivity index (χ1) is 22.1. The lowest BCUT2D eigenvalue weighted by atomic mass is 9.80. The summed E-state index contributed by atoms with van der Waals surface area (Å²) in [5.41, 5.74) is 7.41. The number of hydrogen-bond donors (Lipinski definition) is 2. The molecular weight excluding hydrogens is 589 g/mol. The van der Waals surface area contributed by atoms with Crippen molar-refractivity contribution in [3.05, 3.63) is 142 Å². The molecule has 2 N–H and O–H groups in total. The van der Waals surface area contributed by atoms with Crippen molar-refractivity contribution in [2.75, 3.05) is 0 Å². The minimum Gasteiger partial charge on any atom is -0.406 e. The van der Waals surface area contributed by atoms with Gasteiger partial charge in [-0.3, -0.25) is 14.9 Å². The molecule has 6 aromatic rings. The Bertz CT molecular complexity index is 2130. The van der Waals surface area contributed by atoms with Crippen LogP contribution in [0.2, 0.25) is 5.04 Å². The number of aromatic nitrogens is 3. The van der Waals surface area contributed by atoms with Crippen LogP contribution in [0, 0.1) is 13.8 Å². The Morgan fingerprint density at radius 3 is 2.09 bits per heavy atom. The molecule has 3 aromatic carbocycles. The van der Waals surface area contributed by atoms with E-state index < -0.39 is 27.2 Å². The number of aromatic amines is 1. The lowest BCUT2D eigenvalue weighted by Crippen LogP contribution is -2.36. The zero-order valence-electron chi connectivity index (χ0n) is 26.6. The number of para-hydroxylation sites is 1. The standard InChI is InChI=1S/C38H36N4O3Si/c1-23-13-12-18-28-29(22-39-34(23)28)32-33(36(44)40-35(32)43)31-24(2)41-42-20-19-27(21-30(31)42)38(45-46-37(3,4)5,25-14-8-6-9-15-25)26-16-10-7-11-17-26/h6-22,39H,46H2,1-5H3,(H,40,43,44). The number of carbonyl (C=O) groups is 2. The van der Waals surface area contributed by atoms with Crippen LogP contribution in [0.25, 0.3) is 27.6 Å². The first-order valence-corrected chi connectivity index (χ1v) is 16.8. The predicted octanol–water partition coefficient (Wildman–Crippen LogP) is 6.61. The number of amides is 2. The van der Waals surface area contributed by atoms with E-state index in [9.17, 15) is 9.59 Å². The largest absolute Gasteiger partial charge is 0.406 e. The van der Waals surface area contributed by atoms with E-state index in [4.69, 9.17) is 9.52 Å². The van der Waals surface area contributed by atoms with Crippen LogP contribution in [0.5, 0.6) is 0 Å². The zero-order chi connectivity index (χ0) is 32.2. The predicted molar refractivity (Wildman–Crippen MR) is 185 cm³/mol. The summed E-state index contributed by atoms with van der Waals surface area (Å²) in [5.74, 6) is -0.848. The molecule has 4 heterocycles. The van der Waals surface area contributed by atoms with Gasteiger partial charge in [-0.2, -0.15) is 5.10 Å². The van der Waals surface area contributed by atoms with Gasteiger partial charge < -0.3 is 9.41 Å². The second kappa shape index (κ2) is 11.1. The van der Waals surface area contributed by atoms with Crippen molar-refractivity contribution in [2.24, 2.45) is 0 Å². The second-order valence-corrected chi connectivity index (χ2v) is 15.9. The lowest BCUT2D eigenvalue weighted by Gasteiger charge is -2.38. The van der Waals surface area contributed by atoms with E-state index in [0.29, 0.717) is 28.0 Å². The molecule has 7 nitrogen and oxygen atoms in total. The molecule has 0 radical (unpaired) electrons. The number of aryl methyl sites for hydroxylation is 2. The van der Waals surface area contributed by atoms with Crippen molar-refractivity contribution < 1.29 is 14.0 Å². The SMILES string of the molecule is Cc1nn2ccc(C(O[SiH2]C(C)(C)C)(c3ccccc3)c3ccccc3)cc2c1C1=C(c2c[nH]c3c(C)cccc23)C(=O)NC1=O. The molecule has 3 aromatic heterocycles. The summed E-state index contributed by atoms with van der Waals surface area (Å²) in [6.45, 7) is 10.6. The van der Waals surface area contributed by atoms with Crippen molar-refractivity contribution in [1.82, 2.24) is 19.9 Å². The molecule has 2 amide bonds. The maximum absolute atomic E-state index is 13.7. The number of pyridine rings is 1. The number of fused-ring (bicyclic) bond motifs is 2. The van der Waals surface area contributed by atoms with Crippen molar-refractivity contribution in [2.45, 2.75) is 45.3 Å². The van der Waals surface area contributed by atoms with Crippen LogP contribution in [-0.4, -0.2) is 36.2 Å². The van der Waals surface area contributed by atoms with Gasteiger partial charge in [-0.1, -0.05) is 99.6 Å². The highest BCUT2D eigenvalue weighted by molar-refractivity contribution is 6.50. The fourth-order valence-corrected chi connectivity index (χ4v) is 7.72. The van der Waals surface area contributed by atoms with Crippen LogP contribution >= 0.6 is 0 Å². The fraction of sp³-hybridized carbons (Fsp3) is 0.184. The molecule has 1 aliphatic rings. The Hall–Kier alpha value is -5.05. The topological polar surface area (TPSA) is 88.5 Å². The summed E-state index contributed by atoms with van der Waals surface area (Å²) in [5, 5.41) is 8.30. The van der Waals surface area contributed by atoms with Gasteiger partial charge in [0.2, 0.25) is 0 Å². The first-order valence-electron chi connectivity index (χ1n) is 15.5. The average Bonchev–Trinajstić information content (AvgIpc) is 3.69. The summed E-state index contributed by atoms with van der Waals surface area (Å²) in [6, 6.07) is 30.7. The molecule has 230 valence electrons. The van der Waals surface area contributed by atoms with E-state index in [2.05, 4.69) is 67.5 Å². The van der Waals surface area contributed by atoms with E-state index >= 15 is 0 Å². The number of rotatable bonds is 7. The van der Waals surface area contributed by atoms with E-state index in [0.717, 1.165) is 38.7 Å². The number of hydrogen-bond acceptors (Lipinski definition) is 4. The molecule has 46 heavy (non-hydrogen) atoms. The van der Waals surface area contributed by atoms with Gasteiger partial charge >= 0.3 is 0 Å². The summed E-state index contributed by atoms with van der Waals surface area (Å²) in [7, 11) is -1.08. The number of H-pyrrole nitrogens is 1. The summed E-state index contributed by atoms with van der Waals surface area (Å²) in [4.78, 5) is 30.5. The second-order valence-electron chi connectivity index (χ2n) is 13.2. The fourth-order valence-electron chi connectivity index (χ4n) is 6.58. The van der Waals surface area contributed by atoms with Crippen molar-refractivity contribution in [3.8, 4) is 0 Å². The molecule has 0 bridgehead atoms. The number of nitrogens with one attached hydrogen (secondary N) is 2. The number of carbonyl (C=O) groups excluding carboxylic acids is 2. The number of benzene rings is 3. The molecule has 0 unspecified atom stereocenters. The van der Waals surface area contributed by atoms with Crippen LogP contribution in [0.3, 0.4) is 0 Å². The normalized spacial score (nSPS) is 14.4. The Kier molecular flexibility index (Phi) is 7.14. The van der Waals surface area contributed by atoms with E-state index in [1.165, 1.54) is 0 Å². The molecule has 0 atom stereocenters. The third-order valence-corrected chi connectivity index (χ3v) is 10.1. The molecule has 0 spiro atoms. The Labute approximate surface area is 270 Å². The molecule has 0 saturated carbocycles. The van der Waals surface area contributed by atoms with Crippen LogP contribution in [0.15, 0.2) is 103 Å².